The van der Waals surface area contributed by atoms with Gasteiger partial charge in [-0.2, -0.15) is 13.2 Å². The fraction of sp³-hybridized carbons (Fsp3) is 0.429. The third-order valence-corrected chi connectivity index (χ3v) is 3.45. The number of fused-ring (bicyclic) bond motifs is 1. The van der Waals surface area contributed by atoms with Gasteiger partial charge in [0.15, 0.2) is 0 Å². The number of para-hydroxylation sites is 1. The number of aromatic nitrogens is 1. The molecule has 0 amide bonds. The van der Waals surface area contributed by atoms with E-state index in [-0.39, 0.29) is 11.6 Å². The van der Waals surface area contributed by atoms with Gasteiger partial charge in [-0.1, -0.05) is 12.1 Å². The van der Waals surface area contributed by atoms with Crippen LogP contribution in [0, 0.1) is 0 Å². The molecule has 0 saturated carbocycles. The van der Waals surface area contributed by atoms with Crippen molar-refractivity contribution in [3.63, 3.8) is 0 Å². The van der Waals surface area contributed by atoms with Gasteiger partial charge in [0, 0.05) is 23.7 Å². The maximum absolute atomic E-state index is 13.1. The summed E-state index contributed by atoms with van der Waals surface area (Å²) in [5.41, 5.74) is 0.577. The molecule has 2 rings (SSSR count). The molecule has 19 heavy (non-hydrogen) atoms. The fourth-order valence-corrected chi connectivity index (χ4v) is 2.42. The quantitative estimate of drug-likeness (QED) is 0.893. The van der Waals surface area contributed by atoms with Crippen molar-refractivity contribution in [2.24, 2.45) is 0 Å². The van der Waals surface area contributed by atoms with Gasteiger partial charge in [0.25, 0.3) is 0 Å². The van der Waals surface area contributed by atoms with Gasteiger partial charge in [0.05, 0.1) is 11.1 Å². The van der Waals surface area contributed by atoms with Crippen molar-refractivity contribution in [1.29, 1.82) is 0 Å². The summed E-state index contributed by atoms with van der Waals surface area (Å²) in [4.78, 5) is 0. The van der Waals surface area contributed by atoms with Gasteiger partial charge in [-0.25, -0.2) is 0 Å². The zero-order chi connectivity index (χ0) is 14.2. The Morgan fingerprint density at radius 2 is 2.00 bits per heavy atom. The summed E-state index contributed by atoms with van der Waals surface area (Å²) in [6.07, 6.45) is -4.33. The summed E-state index contributed by atoms with van der Waals surface area (Å²) in [6.45, 7) is 4.31. The molecular weight excluding hydrogens is 253 g/mol. The highest BCUT2D eigenvalue weighted by Gasteiger charge is 2.34. The van der Waals surface area contributed by atoms with Crippen LogP contribution in [0.15, 0.2) is 24.3 Å². The van der Waals surface area contributed by atoms with Crippen LogP contribution in [0.1, 0.15) is 31.1 Å². The van der Waals surface area contributed by atoms with Crippen LogP contribution >= 0.6 is 0 Å². The highest BCUT2D eigenvalue weighted by Crippen LogP contribution is 2.37. The number of aryl methyl sites for hydroxylation is 1. The molecule has 1 aromatic carbocycles. The molecule has 104 valence electrons. The maximum Gasteiger partial charge on any atom is 0.418 e. The Hall–Kier alpha value is -1.49. The van der Waals surface area contributed by atoms with Crippen molar-refractivity contribution < 1.29 is 13.2 Å². The number of hydrogen-bond donors (Lipinski definition) is 1. The number of benzene rings is 1. The zero-order valence-electron chi connectivity index (χ0n) is 11.2. The zero-order valence-corrected chi connectivity index (χ0v) is 11.2. The molecule has 1 atom stereocenters. The molecule has 0 aliphatic heterocycles. The highest BCUT2D eigenvalue weighted by atomic mass is 19.4. The number of rotatable bonds is 3. The Balaban J connectivity index is 2.78. The first-order valence-electron chi connectivity index (χ1n) is 6.26. The molecule has 2 nitrogen and oxygen atoms in total. The summed E-state index contributed by atoms with van der Waals surface area (Å²) < 4.78 is 41.0. The first-order chi connectivity index (χ1) is 8.90. The minimum absolute atomic E-state index is 0.00781. The smallest absolute Gasteiger partial charge is 0.343 e. The molecule has 0 saturated heterocycles. The molecular formula is C14H17F3N2. The van der Waals surface area contributed by atoms with Crippen molar-refractivity contribution in [1.82, 2.24) is 9.88 Å². The highest BCUT2D eigenvalue weighted by molar-refractivity contribution is 5.85. The molecule has 0 aliphatic rings. The first-order valence-corrected chi connectivity index (χ1v) is 6.26. The number of nitrogens with zero attached hydrogens (tertiary/aromatic N) is 1. The molecule has 0 fully saturated rings. The summed E-state index contributed by atoms with van der Waals surface area (Å²) in [6, 6.07) is 6.16. The molecule has 1 N–H and O–H groups in total. The van der Waals surface area contributed by atoms with Gasteiger partial charge < -0.3 is 9.88 Å². The van der Waals surface area contributed by atoms with Crippen LogP contribution in [0.2, 0.25) is 0 Å². The van der Waals surface area contributed by atoms with Crippen molar-refractivity contribution in [3.8, 4) is 0 Å². The second kappa shape index (κ2) is 4.89. The van der Waals surface area contributed by atoms with Crippen molar-refractivity contribution in [2.45, 2.75) is 32.6 Å². The van der Waals surface area contributed by atoms with E-state index >= 15 is 0 Å². The summed E-state index contributed by atoms with van der Waals surface area (Å²) in [5.74, 6) is 0. The second-order valence-corrected chi connectivity index (χ2v) is 4.56. The van der Waals surface area contributed by atoms with E-state index in [4.69, 9.17) is 0 Å². The van der Waals surface area contributed by atoms with Crippen LogP contribution < -0.4 is 5.32 Å². The Bertz CT molecular complexity index is 584. The summed E-state index contributed by atoms with van der Waals surface area (Å²) in [7, 11) is 1.80. The van der Waals surface area contributed by atoms with E-state index < -0.39 is 11.7 Å². The predicted octanol–water partition coefficient (Wildman–Crippen LogP) is 3.96. The lowest BCUT2D eigenvalue weighted by molar-refractivity contribution is -0.136. The normalized spacial score (nSPS) is 14.0. The van der Waals surface area contributed by atoms with Gasteiger partial charge >= 0.3 is 6.18 Å². The molecule has 0 radical (unpaired) electrons. The number of alkyl halides is 3. The van der Waals surface area contributed by atoms with Gasteiger partial charge in [0.1, 0.15) is 0 Å². The van der Waals surface area contributed by atoms with Crippen LogP contribution in [-0.4, -0.2) is 11.6 Å². The molecule has 1 unspecified atom stereocenters. The summed E-state index contributed by atoms with van der Waals surface area (Å²) in [5, 5.41) is 3.71. The van der Waals surface area contributed by atoms with E-state index in [2.05, 4.69) is 5.32 Å². The van der Waals surface area contributed by atoms with Crippen LogP contribution in [-0.2, 0) is 12.7 Å². The van der Waals surface area contributed by atoms with Gasteiger partial charge in [-0.15, -0.1) is 0 Å². The Labute approximate surface area is 110 Å². The lowest BCUT2D eigenvalue weighted by atomic mass is 10.1. The van der Waals surface area contributed by atoms with Crippen LogP contribution in [0.4, 0.5) is 13.2 Å². The van der Waals surface area contributed by atoms with Gasteiger partial charge in [-0.3, -0.25) is 0 Å². The van der Waals surface area contributed by atoms with Gasteiger partial charge in [-0.05, 0) is 33.0 Å². The molecule has 0 bridgehead atoms. The van der Waals surface area contributed by atoms with Crippen molar-refractivity contribution in [3.05, 3.63) is 35.5 Å². The maximum atomic E-state index is 13.1. The third kappa shape index (κ3) is 2.34. The number of halogens is 3. The second-order valence-electron chi connectivity index (χ2n) is 4.56. The van der Waals surface area contributed by atoms with E-state index in [1.54, 1.807) is 17.7 Å². The molecule has 0 aliphatic carbocycles. The summed E-state index contributed by atoms with van der Waals surface area (Å²) >= 11 is 0. The molecule has 1 heterocycles. The fourth-order valence-electron chi connectivity index (χ4n) is 2.42. The average molecular weight is 270 g/mol. The van der Waals surface area contributed by atoms with Crippen molar-refractivity contribution >= 4 is 10.9 Å². The monoisotopic (exact) mass is 270 g/mol. The standard InChI is InChI=1S/C14H17F3N2/c1-4-19-12(9(2)18-3)8-10-6-5-7-11(13(10)19)14(15,16)17/h5-9,18H,4H2,1-3H3. The topological polar surface area (TPSA) is 17.0 Å². The van der Waals surface area contributed by atoms with E-state index in [9.17, 15) is 13.2 Å². The van der Waals surface area contributed by atoms with E-state index in [1.165, 1.54) is 6.07 Å². The molecule has 5 heteroatoms. The largest absolute Gasteiger partial charge is 0.418 e. The van der Waals surface area contributed by atoms with Crippen LogP contribution in [0.25, 0.3) is 10.9 Å². The van der Waals surface area contributed by atoms with E-state index in [0.717, 1.165) is 11.8 Å². The molecule has 0 spiro atoms. The first kappa shape index (κ1) is 13.9. The molecule has 2 aromatic rings. The lowest BCUT2D eigenvalue weighted by Gasteiger charge is -2.16. The minimum atomic E-state index is -4.33. The van der Waals surface area contributed by atoms with Crippen LogP contribution in [0.3, 0.4) is 0 Å². The van der Waals surface area contributed by atoms with E-state index in [0.29, 0.717) is 11.9 Å². The van der Waals surface area contributed by atoms with Gasteiger partial charge in [0.2, 0.25) is 0 Å². The SMILES string of the molecule is CCn1c(C(C)NC)cc2cccc(C(F)(F)F)c21. The van der Waals surface area contributed by atoms with Crippen LogP contribution in [0.5, 0.6) is 0 Å². The Morgan fingerprint density at radius 1 is 1.32 bits per heavy atom. The van der Waals surface area contributed by atoms with Crippen molar-refractivity contribution in [2.75, 3.05) is 7.05 Å². The third-order valence-electron chi connectivity index (χ3n) is 3.45. The lowest BCUT2D eigenvalue weighted by Crippen LogP contribution is -2.17. The number of hydrogen-bond acceptors (Lipinski definition) is 1. The van der Waals surface area contributed by atoms with E-state index in [1.807, 2.05) is 19.9 Å². The Kier molecular flexibility index (Phi) is 3.58. The predicted molar refractivity (Wildman–Crippen MR) is 70.1 cm³/mol. The minimum Gasteiger partial charge on any atom is -0.343 e. The average Bonchev–Trinajstić information content (AvgIpc) is 2.74. The molecule has 1 aromatic heterocycles. The Morgan fingerprint density at radius 3 is 2.53 bits per heavy atom. The number of nitrogens with one attached hydrogen (secondary N) is 1.